The minimum Gasteiger partial charge on any atom is -0.508 e. The van der Waals surface area contributed by atoms with E-state index in [9.17, 15) is 18.6 Å². The first-order chi connectivity index (χ1) is 6.40. The van der Waals surface area contributed by atoms with E-state index in [0.717, 1.165) is 6.26 Å². The van der Waals surface area contributed by atoms with Crippen LogP contribution in [0.1, 0.15) is 11.7 Å². The lowest BCUT2D eigenvalue weighted by Crippen LogP contribution is -2.12. The van der Waals surface area contributed by atoms with Crippen molar-refractivity contribution < 1.29 is 18.6 Å². The maximum Gasteiger partial charge on any atom is 0.150 e. The molecule has 0 aliphatic carbocycles. The van der Waals surface area contributed by atoms with E-state index in [1.165, 1.54) is 12.1 Å². The van der Waals surface area contributed by atoms with E-state index in [0.29, 0.717) is 0 Å². The van der Waals surface area contributed by atoms with Gasteiger partial charge in [0.2, 0.25) is 0 Å². The lowest BCUT2D eigenvalue weighted by molar-refractivity contribution is 0.197. The third-order valence-electron chi connectivity index (χ3n) is 1.76. The van der Waals surface area contributed by atoms with Gasteiger partial charge in [-0.05, 0) is 6.07 Å². The molecule has 0 radical (unpaired) electrons. The summed E-state index contributed by atoms with van der Waals surface area (Å²) in [4.78, 5) is 0. The largest absolute Gasteiger partial charge is 0.508 e. The van der Waals surface area contributed by atoms with E-state index in [-0.39, 0.29) is 17.1 Å². The van der Waals surface area contributed by atoms with Crippen molar-refractivity contribution in [1.82, 2.24) is 0 Å². The van der Waals surface area contributed by atoms with Gasteiger partial charge in [-0.25, -0.2) is 8.42 Å². The summed E-state index contributed by atoms with van der Waals surface area (Å²) in [7, 11) is -3.25. The zero-order valence-corrected chi connectivity index (χ0v) is 8.53. The number of aliphatic hydroxyl groups excluding tert-OH is 1. The van der Waals surface area contributed by atoms with Crippen LogP contribution in [0.5, 0.6) is 5.75 Å². The first-order valence-electron chi connectivity index (χ1n) is 4.04. The second-order valence-corrected chi connectivity index (χ2v) is 5.35. The van der Waals surface area contributed by atoms with Crippen LogP contribution in [0.25, 0.3) is 0 Å². The number of aliphatic hydroxyl groups is 1. The lowest BCUT2D eigenvalue weighted by Gasteiger charge is -2.10. The van der Waals surface area contributed by atoms with Gasteiger partial charge in [-0.2, -0.15) is 0 Å². The Morgan fingerprint density at radius 3 is 2.43 bits per heavy atom. The molecule has 1 rings (SSSR count). The zero-order valence-electron chi connectivity index (χ0n) is 7.71. The Labute approximate surface area is 82.7 Å². The van der Waals surface area contributed by atoms with Gasteiger partial charge in [0.1, 0.15) is 15.6 Å². The number of aromatic hydroxyl groups is 1. The summed E-state index contributed by atoms with van der Waals surface area (Å²) in [5, 5.41) is 18.8. The summed E-state index contributed by atoms with van der Waals surface area (Å²) >= 11 is 0. The third-order valence-corrected chi connectivity index (χ3v) is 2.68. The molecule has 14 heavy (non-hydrogen) atoms. The van der Waals surface area contributed by atoms with Gasteiger partial charge in [0, 0.05) is 11.8 Å². The van der Waals surface area contributed by atoms with E-state index >= 15 is 0 Å². The summed E-state index contributed by atoms with van der Waals surface area (Å²) in [5.74, 6) is -0.478. The smallest absolute Gasteiger partial charge is 0.150 e. The van der Waals surface area contributed by atoms with Gasteiger partial charge in [0.15, 0.2) is 0 Å². The topological polar surface area (TPSA) is 74.6 Å². The van der Waals surface area contributed by atoms with Gasteiger partial charge in [-0.15, -0.1) is 0 Å². The quantitative estimate of drug-likeness (QED) is 0.770. The average Bonchev–Trinajstić information content (AvgIpc) is 2.01. The standard InChI is InChI=1S/C9H12O4S/c1-14(12,13)6-9(11)7-4-2-3-5-8(7)10/h2-5,9-11H,6H2,1H3. The SMILES string of the molecule is CS(=O)(=O)CC(O)c1ccccc1O. The van der Waals surface area contributed by atoms with Crippen molar-refractivity contribution >= 4 is 9.84 Å². The van der Waals surface area contributed by atoms with E-state index < -0.39 is 15.9 Å². The molecule has 0 aliphatic heterocycles. The Kier molecular flexibility index (Phi) is 3.13. The summed E-state index contributed by atoms with van der Waals surface area (Å²) in [6, 6.07) is 6.12. The molecule has 5 heteroatoms. The van der Waals surface area contributed by atoms with Crippen LogP contribution < -0.4 is 0 Å². The molecule has 0 spiro atoms. The monoisotopic (exact) mass is 216 g/mol. The first-order valence-corrected chi connectivity index (χ1v) is 6.10. The van der Waals surface area contributed by atoms with E-state index in [1.807, 2.05) is 0 Å². The van der Waals surface area contributed by atoms with Crippen LogP contribution in [0, 0.1) is 0 Å². The van der Waals surface area contributed by atoms with Crippen molar-refractivity contribution in [2.24, 2.45) is 0 Å². The number of phenolic OH excluding ortho intramolecular Hbond substituents is 1. The Bertz CT molecular complexity index is 411. The molecule has 0 aliphatic rings. The highest BCUT2D eigenvalue weighted by molar-refractivity contribution is 7.90. The second-order valence-electron chi connectivity index (χ2n) is 3.17. The first kappa shape index (κ1) is 11.0. The number of phenols is 1. The second kappa shape index (κ2) is 3.98. The van der Waals surface area contributed by atoms with Crippen LogP contribution in [0.15, 0.2) is 24.3 Å². The van der Waals surface area contributed by atoms with E-state index in [2.05, 4.69) is 0 Å². The molecule has 1 aromatic rings. The van der Waals surface area contributed by atoms with Crippen molar-refractivity contribution in [1.29, 1.82) is 0 Å². The molecule has 1 unspecified atom stereocenters. The molecule has 1 atom stereocenters. The molecule has 0 heterocycles. The summed E-state index contributed by atoms with van der Waals surface area (Å²) in [6.45, 7) is 0. The molecule has 0 fully saturated rings. The van der Waals surface area contributed by atoms with E-state index in [1.54, 1.807) is 12.1 Å². The normalized spacial score (nSPS) is 13.9. The number of hydrogen-bond acceptors (Lipinski definition) is 4. The molecule has 0 bridgehead atoms. The molecule has 78 valence electrons. The summed E-state index contributed by atoms with van der Waals surface area (Å²) in [6.07, 6.45) is -0.137. The van der Waals surface area contributed by atoms with Crippen molar-refractivity contribution in [3.8, 4) is 5.75 Å². The summed E-state index contributed by atoms with van der Waals surface area (Å²) < 4.78 is 21.8. The fourth-order valence-electron chi connectivity index (χ4n) is 1.15. The van der Waals surface area contributed by atoms with Gasteiger partial charge in [-0.1, -0.05) is 18.2 Å². The molecular weight excluding hydrogens is 204 g/mol. The predicted octanol–water partition coefficient (Wildman–Crippen LogP) is 0.470. The highest BCUT2D eigenvalue weighted by Crippen LogP contribution is 2.24. The third kappa shape index (κ3) is 3.01. The van der Waals surface area contributed by atoms with Gasteiger partial charge >= 0.3 is 0 Å². The van der Waals surface area contributed by atoms with Crippen molar-refractivity contribution in [3.63, 3.8) is 0 Å². The maximum absolute atomic E-state index is 10.9. The molecule has 0 amide bonds. The number of sulfone groups is 1. The van der Waals surface area contributed by atoms with Crippen LogP contribution >= 0.6 is 0 Å². The summed E-state index contributed by atoms with van der Waals surface area (Å²) in [5.41, 5.74) is 0.234. The fraction of sp³-hybridized carbons (Fsp3) is 0.333. The van der Waals surface area contributed by atoms with E-state index in [4.69, 9.17) is 0 Å². The number of benzene rings is 1. The van der Waals surface area contributed by atoms with Gasteiger partial charge < -0.3 is 10.2 Å². The minimum atomic E-state index is -3.25. The Balaban J connectivity index is 2.90. The Morgan fingerprint density at radius 2 is 1.93 bits per heavy atom. The van der Waals surface area contributed by atoms with Crippen molar-refractivity contribution in [3.05, 3.63) is 29.8 Å². The van der Waals surface area contributed by atoms with Crippen LogP contribution in [0.4, 0.5) is 0 Å². The highest BCUT2D eigenvalue weighted by Gasteiger charge is 2.16. The van der Waals surface area contributed by atoms with Gasteiger partial charge in [0.05, 0.1) is 11.9 Å². The number of hydrogen-bond donors (Lipinski definition) is 2. The van der Waals surface area contributed by atoms with Crippen molar-refractivity contribution in [2.75, 3.05) is 12.0 Å². The van der Waals surface area contributed by atoms with Crippen LogP contribution in [-0.4, -0.2) is 30.6 Å². The zero-order chi connectivity index (χ0) is 10.8. The lowest BCUT2D eigenvalue weighted by atomic mass is 10.1. The molecule has 0 saturated carbocycles. The van der Waals surface area contributed by atoms with Gasteiger partial charge in [-0.3, -0.25) is 0 Å². The molecule has 4 nitrogen and oxygen atoms in total. The minimum absolute atomic E-state index is 0.0938. The molecule has 2 N–H and O–H groups in total. The average molecular weight is 216 g/mol. The highest BCUT2D eigenvalue weighted by atomic mass is 32.2. The molecule has 1 aromatic carbocycles. The Hall–Kier alpha value is -1.07. The molecule has 0 saturated heterocycles. The molecular formula is C9H12O4S. The fourth-order valence-corrected chi connectivity index (χ4v) is 1.90. The van der Waals surface area contributed by atoms with Crippen LogP contribution in [0.2, 0.25) is 0 Å². The van der Waals surface area contributed by atoms with Gasteiger partial charge in [0.25, 0.3) is 0 Å². The number of rotatable bonds is 3. The maximum atomic E-state index is 10.9. The van der Waals surface area contributed by atoms with Crippen molar-refractivity contribution in [2.45, 2.75) is 6.10 Å². The molecule has 0 aromatic heterocycles. The Morgan fingerprint density at radius 1 is 1.36 bits per heavy atom. The number of para-hydroxylation sites is 1. The van der Waals surface area contributed by atoms with Crippen LogP contribution in [0.3, 0.4) is 0 Å². The van der Waals surface area contributed by atoms with Crippen LogP contribution in [-0.2, 0) is 9.84 Å². The predicted molar refractivity (Wildman–Crippen MR) is 52.8 cm³/mol.